The Morgan fingerprint density at radius 3 is 2.30 bits per heavy atom. The van der Waals surface area contributed by atoms with E-state index < -0.39 is 44.1 Å². The Bertz CT molecular complexity index is 1420. The molecular weight excluding hydrogens is 535 g/mol. The summed E-state index contributed by atoms with van der Waals surface area (Å²) < 4.78 is 72.8. The van der Waals surface area contributed by atoms with Crippen molar-refractivity contribution in [3.63, 3.8) is 0 Å². The number of halogens is 4. The number of alkyl halides is 3. The normalized spacial score (nSPS) is 12.5. The minimum Gasteiger partial charge on any atom is -0.419 e. The van der Waals surface area contributed by atoms with Gasteiger partial charge in [0.15, 0.2) is 5.69 Å². The monoisotopic (exact) mass is 559 g/mol. The van der Waals surface area contributed by atoms with Gasteiger partial charge in [-0.15, -0.1) is 0 Å². The minimum atomic E-state index is -4.71. The van der Waals surface area contributed by atoms with Crippen molar-refractivity contribution in [3.8, 4) is 11.8 Å². The predicted octanol–water partition coefficient (Wildman–Crippen LogP) is 4.64. The van der Waals surface area contributed by atoms with E-state index >= 15 is 0 Å². The summed E-state index contributed by atoms with van der Waals surface area (Å²) in [6.45, 7) is 6.93. The average Bonchev–Trinajstić information content (AvgIpc) is 3.15. The van der Waals surface area contributed by atoms with Crippen LogP contribution in [0.4, 0.5) is 13.2 Å². The van der Waals surface area contributed by atoms with Crippen LogP contribution in [0.3, 0.4) is 0 Å². The molecule has 14 heteroatoms. The van der Waals surface area contributed by atoms with E-state index in [1.54, 1.807) is 39.8 Å². The second-order valence-corrected chi connectivity index (χ2v) is 11.2. The van der Waals surface area contributed by atoms with Gasteiger partial charge >= 0.3 is 6.18 Å². The van der Waals surface area contributed by atoms with Gasteiger partial charge < -0.3 is 10.1 Å². The van der Waals surface area contributed by atoms with E-state index in [2.05, 4.69) is 20.1 Å². The Kier molecular flexibility index (Phi) is 7.91. The smallest absolute Gasteiger partial charge is 0.418 e. The van der Waals surface area contributed by atoms with Crippen molar-refractivity contribution >= 4 is 27.5 Å². The molecule has 0 aliphatic carbocycles. The summed E-state index contributed by atoms with van der Waals surface area (Å²) in [5, 5.41) is 6.33. The Balaban J connectivity index is 1.89. The molecule has 1 amide bonds. The molecule has 0 saturated carbocycles. The lowest BCUT2D eigenvalue weighted by atomic mass is 10.1. The third-order valence-corrected chi connectivity index (χ3v) is 7.03. The van der Waals surface area contributed by atoms with Crippen LogP contribution in [0.15, 0.2) is 41.4 Å². The van der Waals surface area contributed by atoms with Gasteiger partial charge in [-0.3, -0.25) is 4.79 Å². The maximum atomic E-state index is 13.3. The first kappa shape index (κ1) is 28.4. The highest BCUT2D eigenvalue weighted by atomic mass is 35.5. The molecule has 0 fully saturated rings. The van der Waals surface area contributed by atoms with E-state index in [1.165, 1.54) is 23.9 Å². The summed E-state index contributed by atoms with van der Waals surface area (Å²) in [5.41, 5.74) is -0.945. The van der Waals surface area contributed by atoms with Crippen molar-refractivity contribution in [1.82, 2.24) is 24.8 Å². The SMILES string of the molecule is CNS(=O)(=O)c1ccc(CNC(=O)c2nn(C(C)(C)C)c(Oc3nccc(C(F)(F)F)c3Cl)c2C)cc1. The van der Waals surface area contributed by atoms with Gasteiger partial charge in [-0.2, -0.15) is 18.3 Å². The molecule has 0 spiro atoms. The minimum absolute atomic E-state index is 0.00741. The van der Waals surface area contributed by atoms with Gasteiger partial charge in [-0.1, -0.05) is 23.7 Å². The van der Waals surface area contributed by atoms with Crippen LogP contribution in [0.25, 0.3) is 0 Å². The molecule has 0 aliphatic heterocycles. The largest absolute Gasteiger partial charge is 0.419 e. The highest BCUT2D eigenvalue weighted by Gasteiger charge is 2.36. The molecule has 0 unspecified atom stereocenters. The van der Waals surface area contributed by atoms with Crippen molar-refractivity contribution in [1.29, 1.82) is 0 Å². The average molecular weight is 560 g/mol. The molecule has 0 atom stereocenters. The standard InChI is InChI=1S/C23H25ClF3N5O4S/c1-13-18(19(33)30-12-14-6-8-15(9-7-14)37(34,35)28-5)31-32(22(2,3)4)21(13)36-20-17(24)16(10-11-29-20)23(25,26)27/h6-11,28H,12H2,1-5H3,(H,30,33). The van der Waals surface area contributed by atoms with Crippen LogP contribution in [0, 0.1) is 6.92 Å². The molecule has 3 rings (SSSR count). The number of benzene rings is 1. The molecule has 0 aliphatic rings. The second-order valence-electron chi connectivity index (χ2n) is 8.97. The first-order chi connectivity index (χ1) is 17.1. The Morgan fingerprint density at radius 1 is 1.14 bits per heavy atom. The van der Waals surface area contributed by atoms with Gasteiger partial charge in [-0.05, 0) is 58.5 Å². The second kappa shape index (κ2) is 10.3. The van der Waals surface area contributed by atoms with Gasteiger partial charge in [-0.25, -0.2) is 22.8 Å². The highest BCUT2D eigenvalue weighted by molar-refractivity contribution is 7.89. The van der Waals surface area contributed by atoms with E-state index in [-0.39, 0.29) is 28.6 Å². The molecular formula is C23H25ClF3N5O4S. The molecule has 2 heterocycles. The lowest BCUT2D eigenvalue weighted by molar-refractivity contribution is -0.137. The molecule has 9 nitrogen and oxygen atoms in total. The number of carbonyl (C=O) groups excluding carboxylic acids is 1. The zero-order valence-electron chi connectivity index (χ0n) is 20.6. The number of rotatable bonds is 7. The number of nitrogens with one attached hydrogen (secondary N) is 2. The molecule has 1 aromatic carbocycles. The number of sulfonamides is 1. The van der Waals surface area contributed by atoms with Crippen LogP contribution in [-0.4, -0.2) is 36.1 Å². The summed E-state index contributed by atoms with van der Waals surface area (Å²) in [5.74, 6) is -1.04. The van der Waals surface area contributed by atoms with Crippen molar-refractivity contribution in [2.75, 3.05) is 7.05 Å². The molecule has 2 aromatic heterocycles. The summed E-state index contributed by atoms with van der Waals surface area (Å²) in [6.07, 6.45) is -3.78. The summed E-state index contributed by atoms with van der Waals surface area (Å²) in [4.78, 5) is 16.9. The lowest BCUT2D eigenvalue weighted by Gasteiger charge is -2.22. The van der Waals surface area contributed by atoms with Gasteiger partial charge in [0, 0.05) is 18.3 Å². The number of aromatic nitrogens is 3. The Hall–Kier alpha value is -3.16. The van der Waals surface area contributed by atoms with E-state index in [9.17, 15) is 26.4 Å². The lowest BCUT2D eigenvalue weighted by Crippen LogP contribution is -2.26. The van der Waals surface area contributed by atoms with E-state index in [0.717, 1.165) is 12.3 Å². The topological polar surface area (TPSA) is 115 Å². The summed E-state index contributed by atoms with van der Waals surface area (Å²) in [7, 11) is -2.29. The first-order valence-electron chi connectivity index (χ1n) is 10.9. The van der Waals surface area contributed by atoms with Crippen LogP contribution < -0.4 is 14.8 Å². The molecule has 0 bridgehead atoms. The molecule has 2 N–H and O–H groups in total. The van der Waals surface area contributed by atoms with Crippen molar-refractivity contribution < 1.29 is 31.1 Å². The molecule has 37 heavy (non-hydrogen) atoms. The first-order valence-corrected chi connectivity index (χ1v) is 12.7. The number of hydrogen-bond donors (Lipinski definition) is 2. The van der Waals surface area contributed by atoms with Gasteiger partial charge in [0.25, 0.3) is 5.91 Å². The zero-order valence-corrected chi connectivity index (χ0v) is 22.1. The number of hydrogen-bond acceptors (Lipinski definition) is 6. The third-order valence-electron chi connectivity index (χ3n) is 5.23. The van der Waals surface area contributed by atoms with Crippen LogP contribution >= 0.6 is 11.6 Å². The fourth-order valence-corrected chi connectivity index (χ4v) is 4.23. The Labute approximate surface area is 217 Å². The summed E-state index contributed by atoms with van der Waals surface area (Å²) in [6, 6.07) is 6.67. The number of carbonyl (C=O) groups is 1. The maximum absolute atomic E-state index is 13.3. The number of nitrogens with zero attached hydrogens (tertiary/aromatic N) is 3. The van der Waals surface area contributed by atoms with Gasteiger partial charge in [0.05, 0.1) is 16.0 Å². The third kappa shape index (κ3) is 6.22. The molecule has 3 aromatic rings. The molecule has 200 valence electrons. The highest BCUT2D eigenvalue weighted by Crippen LogP contribution is 2.40. The van der Waals surface area contributed by atoms with Crippen LogP contribution in [0.5, 0.6) is 11.8 Å². The van der Waals surface area contributed by atoms with Gasteiger partial charge in [0.2, 0.25) is 21.8 Å². The Morgan fingerprint density at radius 2 is 1.76 bits per heavy atom. The molecule has 0 saturated heterocycles. The van der Waals surface area contributed by atoms with Crippen molar-refractivity contribution in [2.24, 2.45) is 0 Å². The van der Waals surface area contributed by atoms with Crippen LogP contribution in [0.2, 0.25) is 5.02 Å². The summed E-state index contributed by atoms with van der Waals surface area (Å²) >= 11 is 5.94. The van der Waals surface area contributed by atoms with E-state index in [0.29, 0.717) is 5.56 Å². The molecule has 0 radical (unpaired) electrons. The fourth-order valence-electron chi connectivity index (χ4n) is 3.25. The van der Waals surface area contributed by atoms with Crippen molar-refractivity contribution in [2.45, 2.75) is 50.9 Å². The van der Waals surface area contributed by atoms with Gasteiger partial charge in [0.1, 0.15) is 5.02 Å². The quantitative estimate of drug-likeness (QED) is 0.436. The van der Waals surface area contributed by atoms with Crippen molar-refractivity contribution in [3.05, 3.63) is 63.9 Å². The van der Waals surface area contributed by atoms with E-state index in [1.807, 2.05) is 0 Å². The van der Waals surface area contributed by atoms with E-state index in [4.69, 9.17) is 16.3 Å². The number of amides is 1. The fraction of sp³-hybridized carbons (Fsp3) is 0.348. The van der Waals surface area contributed by atoms with Crippen LogP contribution in [0.1, 0.15) is 48.0 Å². The zero-order chi connectivity index (χ0) is 27.8. The number of ether oxygens (including phenoxy) is 1. The number of pyridine rings is 1. The maximum Gasteiger partial charge on any atom is 0.418 e. The van der Waals surface area contributed by atoms with Crippen LogP contribution in [-0.2, 0) is 28.3 Å². The predicted molar refractivity (Wildman–Crippen MR) is 130 cm³/mol.